The van der Waals surface area contributed by atoms with E-state index in [1.165, 1.54) is 24.1 Å². The number of nitrogens with two attached hydrogens (primary N) is 1. The van der Waals surface area contributed by atoms with Crippen LogP contribution in [0, 0.1) is 0 Å². The van der Waals surface area contributed by atoms with Crippen LogP contribution in [0.15, 0.2) is 36.8 Å². The number of nitrogens with zero attached hydrogens (tertiary/aromatic N) is 2. The van der Waals surface area contributed by atoms with Crippen LogP contribution in [0.4, 0.5) is 0 Å². The summed E-state index contributed by atoms with van der Waals surface area (Å²) in [7, 11) is 0. The summed E-state index contributed by atoms with van der Waals surface area (Å²) in [6, 6.07) is 9.12. The number of hydrogen-bond acceptors (Lipinski definition) is 3. The molecule has 2 aromatic rings. The molecule has 4 rings (SSSR count). The van der Waals surface area contributed by atoms with Gasteiger partial charge in [-0.3, -0.25) is 9.69 Å². The van der Waals surface area contributed by atoms with Gasteiger partial charge in [0.25, 0.3) is 0 Å². The Morgan fingerprint density at radius 1 is 1.30 bits per heavy atom. The Labute approximate surface area is 135 Å². The zero-order valence-corrected chi connectivity index (χ0v) is 13.1. The van der Waals surface area contributed by atoms with Crippen LogP contribution in [-0.4, -0.2) is 32.9 Å². The van der Waals surface area contributed by atoms with Gasteiger partial charge >= 0.3 is 0 Å². The van der Waals surface area contributed by atoms with E-state index in [2.05, 4.69) is 20.9 Å². The van der Waals surface area contributed by atoms with Crippen molar-refractivity contribution in [3.63, 3.8) is 0 Å². The highest BCUT2D eigenvalue weighted by molar-refractivity contribution is 5.92. The van der Waals surface area contributed by atoms with Crippen molar-refractivity contribution in [1.82, 2.24) is 14.9 Å². The number of aromatic nitrogens is 2. The van der Waals surface area contributed by atoms with E-state index in [0.29, 0.717) is 23.6 Å². The molecule has 1 aromatic heterocycles. The fourth-order valence-corrected chi connectivity index (χ4v) is 4.32. The van der Waals surface area contributed by atoms with Crippen molar-refractivity contribution < 1.29 is 4.79 Å². The van der Waals surface area contributed by atoms with Crippen LogP contribution < -0.4 is 5.73 Å². The van der Waals surface area contributed by atoms with E-state index in [4.69, 9.17) is 5.73 Å². The molecule has 0 aliphatic carbocycles. The minimum absolute atomic E-state index is 0.341. The predicted molar refractivity (Wildman–Crippen MR) is 87.9 cm³/mol. The highest BCUT2D eigenvalue weighted by atomic mass is 16.1. The second kappa shape index (κ2) is 5.81. The van der Waals surface area contributed by atoms with Gasteiger partial charge in [-0.15, -0.1) is 0 Å². The van der Waals surface area contributed by atoms with Crippen molar-refractivity contribution in [2.45, 2.75) is 50.2 Å². The first-order chi connectivity index (χ1) is 11.2. The molecule has 3 atom stereocenters. The number of imidazole rings is 1. The lowest BCUT2D eigenvalue weighted by atomic mass is 9.84. The van der Waals surface area contributed by atoms with Crippen LogP contribution in [0.3, 0.4) is 0 Å². The molecule has 0 saturated carbocycles. The summed E-state index contributed by atoms with van der Waals surface area (Å²) < 4.78 is 0. The lowest BCUT2D eigenvalue weighted by Crippen LogP contribution is -2.41. The fraction of sp³-hybridized carbons (Fsp3) is 0.444. The van der Waals surface area contributed by atoms with Crippen LogP contribution in [0.2, 0.25) is 0 Å². The Bertz CT molecular complexity index is 683. The van der Waals surface area contributed by atoms with Gasteiger partial charge in [0.2, 0.25) is 5.91 Å². The number of nitrogens with one attached hydrogen (secondary N) is 1. The van der Waals surface area contributed by atoms with Crippen LogP contribution in [0.25, 0.3) is 0 Å². The number of primary amides is 1. The predicted octanol–water partition coefficient (Wildman–Crippen LogP) is 2.42. The van der Waals surface area contributed by atoms with E-state index in [9.17, 15) is 4.79 Å². The molecule has 120 valence electrons. The summed E-state index contributed by atoms with van der Waals surface area (Å²) >= 11 is 0. The Morgan fingerprint density at radius 2 is 2.09 bits per heavy atom. The van der Waals surface area contributed by atoms with Gasteiger partial charge in [-0.25, -0.2) is 4.98 Å². The number of carbonyl (C=O) groups is 1. The largest absolute Gasteiger partial charge is 0.366 e. The molecule has 0 radical (unpaired) electrons. The molecule has 2 aliphatic heterocycles. The number of fused-ring (bicyclic) bond motifs is 2. The molecule has 5 heteroatoms. The minimum atomic E-state index is -0.341. The first kappa shape index (κ1) is 14.5. The highest BCUT2D eigenvalue weighted by Gasteiger charge is 2.41. The Balaban J connectivity index is 1.51. The molecule has 3 N–H and O–H groups in total. The first-order valence-corrected chi connectivity index (χ1v) is 8.33. The summed E-state index contributed by atoms with van der Waals surface area (Å²) in [5.41, 5.74) is 8.49. The third-order valence-electron chi connectivity index (χ3n) is 5.43. The molecule has 0 spiro atoms. The number of benzene rings is 1. The highest BCUT2D eigenvalue weighted by Crippen LogP contribution is 2.43. The Hall–Kier alpha value is -2.14. The number of piperidine rings is 1. The lowest BCUT2D eigenvalue weighted by molar-refractivity contribution is 0.0999. The summed E-state index contributed by atoms with van der Waals surface area (Å²) in [4.78, 5) is 21.4. The van der Waals surface area contributed by atoms with E-state index >= 15 is 0 Å². The molecule has 2 aliphatic rings. The average Bonchev–Trinajstić information content (AvgIpc) is 3.14. The van der Waals surface area contributed by atoms with Gasteiger partial charge in [0.1, 0.15) is 0 Å². The van der Waals surface area contributed by atoms with Crippen LogP contribution in [0.1, 0.15) is 53.2 Å². The third-order valence-corrected chi connectivity index (χ3v) is 5.43. The van der Waals surface area contributed by atoms with Gasteiger partial charge < -0.3 is 10.7 Å². The van der Waals surface area contributed by atoms with Crippen molar-refractivity contribution in [1.29, 1.82) is 0 Å². The molecule has 5 nitrogen and oxygen atoms in total. The second-order valence-corrected chi connectivity index (χ2v) is 6.79. The van der Waals surface area contributed by atoms with Crippen molar-refractivity contribution in [3.05, 3.63) is 53.6 Å². The molecule has 1 aromatic carbocycles. The maximum Gasteiger partial charge on any atom is 0.248 e. The Morgan fingerprint density at radius 3 is 2.74 bits per heavy atom. The molecular formula is C18H22N4O. The summed E-state index contributed by atoms with van der Waals surface area (Å²) in [5.74, 6) is 0.191. The standard InChI is InChI=1S/C18H22N4O/c19-18(23)13-3-1-2-12(6-13)14-7-16-4-5-17(8-14)22(16)10-15-9-20-11-21-15/h1-3,6,9,11,14,16-17H,4-5,7-8,10H2,(H2,19,23)(H,20,21)/t14?,16-,17+. The van der Waals surface area contributed by atoms with Crippen molar-refractivity contribution >= 4 is 5.91 Å². The minimum Gasteiger partial charge on any atom is -0.366 e. The zero-order valence-electron chi connectivity index (χ0n) is 13.1. The van der Waals surface area contributed by atoms with Gasteiger partial charge in [-0.2, -0.15) is 0 Å². The first-order valence-electron chi connectivity index (χ1n) is 8.33. The van der Waals surface area contributed by atoms with Crippen molar-refractivity contribution in [3.8, 4) is 0 Å². The van der Waals surface area contributed by atoms with E-state index in [1.807, 2.05) is 18.3 Å². The SMILES string of the molecule is NC(=O)c1cccc(C2C[C@H]3CC[C@@H](C2)N3Cc2cnc[nH]2)c1. The van der Waals surface area contributed by atoms with Gasteiger partial charge in [0, 0.05) is 36.1 Å². The maximum atomic E-state index is 11.4. The third kappa shape index (κ3) is 2.77. The lowest BCUT2D eigenvalue weighted by Gasteiger charge is -2.39. The summed E-state index contributed by atoms with van der Waals surface area (Å²) in [5, 5.41) is 0. The molecule has 23 heavy (non-hydrogen) atoms. The monoisotopic (exact) mass is 310 g/mol. The average molecular weight is 310 g/mol. The van der Waals surface area contributed by atoms with Crippen LogP contribution in [-0.2, 0) is 6.54 Å². The molecule has 1 amide bonds. The number of hydrogen-bond donors (Lipinski definition) is 2. The van der Waals surface area contributed by atoms with Crippen LogP contribution >= 0.6 is 0 Å². The van der Waals surface area contributed by atoms with Crippen molar-refractivity contribution in [2.75, 3.05) is 0 Å². The topological polar surface area (TPSA) is 75.0 Å². The Kier molecular flexibility index (Phi) is 3.65. The fourth-order valence-electron chi connectivity index (χ4n) is 4.32. The quantitative estimate of drug-likeness (QED) is 0.910. The van der Waals surface area contributed by atoms with Crippen LogP contribution in [0.5, 0.6) is 0 Å². The normalized spacial score (nSPS) is 27.2. The number of H-pyrrole nitrogens is 1. The summed E-state index contributed by atoms with van der Waals surface area (Å²) in [6.07, 6.45) is 8.52. The number of amides is 1. The van der Waals surface area contributed by atoms with Crippen molar-refractivity contribution in [2.24, 2.45) is 5.73 Å². The number of rotatable bonds is 4. The number of carbonyl (C=O) groups excluding carboxylic acids is 1. The smallest absolute Gasteiger partial charge is 0.248 e. The molecule has 2 saturated heterocycles. The maximum absolute atomic E-state index is 11.4. The number of aromatic amines is 1. The van der Waals surface area contributed by atoms with Gasteiger partial charge in [0.15, 0.2) is 0 Å². The molecule has 2 bridgehead atoms. The van der Waals surface area contributed by atoms with E-state index < -0.39 is 0 Å². The van der Waals surface area contributed by atoms with Gasteiger partial charge in [-0.1, -0.05) is 12.1 Å². The molecule has 3 heterocycles. The molecule has 2 fully saturated rings. The van der Waals surface area contributed by atoms with E-state index in [0.717, 1.165) is 19.4 Å². The van der Waals surface area contributed by atoms with Gasteiger partial charge in [0.05, 0.1) is 6.33 Å². The second-order valence-electron chi connectivity index (χ2n) is 6.79. The van der Waals surface area contributed by atoms with Gasteiger partial charge in [-0.05, 0) is 49.3 Å². The summed E-state index contributed by atoms with van der Waals surface area (Å²) in [6.45, 7) is 0.962. The molecule has 1 unspecified atom stereocenters. The zero-order chi connectivity index (χ0) is 15.8. The molecular weight excluding hydrogens is 288 g/mol. The van der Waals surface area contributed by atoms with E-state index in [1.54, 1.807) is 12.4 Å². The van der Waals surface area contributed by atoms with E-state index in [-0.39, 0.29) is 5.91 Å².